The summed E-state index contributed by atoms with van der Waals surface area (Å²) < 4.78 is 5.99. The monoisotopic (exact) mass is 266 g/mol. The maximum atomic E-state index is 5.99. The lowest BCUT2D eigenvalue weighted by Gasteiger charge is -2.13. The molecule has 1 aliphatic rings. The molecule has 0 amide bonds. The highest BCUT2D eigenvalue weighted by molar-refractivity contribution is 5.28. The highest BCUT2D eigenvalue weighted by atomic mass is 16.5. The first-order valence-corrected chi connectivity index (χ1v) is 7.70. The fourth-order valence-corrected chi connectivity index (χ4v) is 2.87. The molecule has 0 spiro atoms. The molecule has 1 saturated carbocycles. The summed E-state index contributed by atoms with van der Waals surface area (Å²) in [7, 11) is 0. The van der Waals surface area contributed by atoms with E-state index in [1.54, 1.807) is 0 Å². The lowest BCUT2D eigenvalue weighted by atomic mass is 10.0. The molecular formula is C19H22O. The second-order valence-corrected chi connectivity index (χ2v) is 5.65. The van der Waals surface area contributed by atoms with Crippen molar-refractivity contribution in [3.05, 3.63) is 65.7 Å². The van der Waals surface area contributed by atoms with Gasteiger partial charge in [0.15, 0.2) is 0 Å². The second-order valence-electron chi connectivity index (χ2n) is 5.65. The highest BCUT2D eigenvalue weighted by Gasteiger charge is 2.16. The van der Waals surface area contributed by atoms with Gasteiger partial charge >= 0.3 is 0 Å². The van der Waals surface area contributed by atoms with Crippen LogP contribution in [0.15, 0.2) is 54.6 Å². The van der Waals surface area contributed by atoms with Crippen LogP contribution in [-0.4, -0.2) is 6.10 Å². The van der Waals surface area contributed by atoms with Gasteiger partial charge < -0.3 is 4.74 Å². The Hall–Kier alpha value is -1.76. The van der Waals surface area contributed by atoms with Crippen LogP contribution >= 0.6 is 0 Å². The second kappa shape index (κ2) is 6.60. The molecule has 0 aromatic heterocycles. The third kappa shape index (κ3) is 3.63. The van der Waals surface area contributed by atoms with Gasteiger partial charge in [-0.3, -0.25) is 0 Å². The minimum Gasteiger partial charge on any atom is -0.490 e. The predicted octanol–water partition coefficient (Wildman–Crippen LogP) is 4.79. The quantitative estimate of drug-likeness (QED) is 0.755. The average molecular weight is 266 g/mol. The molecule has 0 heterocycles. The smallest absolute Gasteiger partial charge is 0.119 e. The zero-order valence-corrected chi connectivity index (χ0v) is 11.9. The SMILES string of the molecule is c1ccc(CCc2ccc(OC3CCCC3)cc2)cc1. The molecule has 1 heteroatoms. The van der Waals surface area contributed by atoms with E-state index < -0.39 is 0 Å². The molecule has 20 heavy (non-hydrogen) atoms. The van der Waals surface area contributed by atoms with Crippen LogP contribution in [0, 0.1) is 0 Å². The lowest BCUT2D eigenvalue weighted by Crippen LogP contribution is -2.10. The lowest BCUT2D eigenvalue weighted by molar-refractivity contribution is 0.210. The minimum absolute atomic E-state index is 0.449. The van der Waals surface area contributed by atoms with Crippen molar-refractivity contribution in [3.8, 4) is 5.75 Å². The zero-order valence-electron chi connectivity index (χ0n) is 11.9. The molecule has 2 aromatic carbocycles. The zero-order chi connectivity index (χ0) is 13.6. The Labute approximate surface area is 121 Å². The number of ether oxygens (including phenoxy) is 1. The molecule has 0 bridgehead atoms. The van der Waals surface area contributed by atoms with Gasteiger partial charge in [0.2, 0.25) is 0 Å². The van der Waals surface area contributed by atoms with E-state index in [2.05, 4.69) is 54.6 Å². The van der Waals surface area contributed by atoms with Gasteiger partial charge in [0.25, 0.3) is 0 Å². The van der Waals surface area contributed by atoms with Crippen LogP contribution in [0.25, 0.3) is 0 Å². The molecule has 1 fully saturated rings. The molecule has 0 atom stereocenters. The van der Waals surface area contributed by atoms with Gasteiger partial charge in [0.1, 0.15) is 5.75 Å². The van der Waals surface area contributed by atoms with Crippen LogP contribution in [0.3, 0.4) is 0 Å². The van der Waals surface area contributed by atoms with E-state index in [0.717, 1.165) is 18.6 Å². The van der Waals surface area contributed by atoms with Crippen molar-refractivity contribution in [3.63, 3.8) is 0 Å². The highest BCUT2D eigenvalue weighted by Crippen LogP contribution is 2.24. The summed E-state index contributed by atoms with van der Waals surface area (Å²) in [5, 5.41) is 0. The Morgan fingerprint density at radius 3 is 2.00 bits per heavy atom. The van der Waals surface area contributed by atoms with Crippen molar-refractivity contribution in [2.75, 3.05) is 0 Å². The summed E-state index contributed by atoms with van der Waals surface area (Å²) in [6, 6.07) is 19.3. The summed E-state index contributed by atoms with van der Waals surface area (Å²) in [5.74, 6) is 1.03. The van der Waals surface area contributed by atoms with Gasteiger partial charge in [-0.15, -0.1) is 0 Å². The number of benzene rings is 2. The number of hydrogen-bond donors (Lipinski definition) is 0. The summed E-state index contributed by atoms with van der Waals surface area (Å²) >= 11 is 0. The molecule has 0 radical (unpaired) electrons. The first-order valence-electron chi connectivity index (χ1n) is 7.70. The Kier molecular flexibility index (Phi) is 4.37. The van der Waals surface area contributed by atoms with E-state index in [1.807, 2.05) is 0 Å². The molecule has 0 aliphatic heterocycles. The normalized spacial score (nSPS) is 15.4. The molecular weight excluding hydrogens is 244 g/mol. The third-order valence-corrected chi connectivity index (χ3v) is 4.07. The van der Waals surface area contributed by atoms with Crippen molar-refractivity contribution in [1.29, 1.82) is 0 Å². The summed E-state index contributed by atoms with van der Waals surface area (Å²) in [4.78, 5) is 0. The van der Waals surface area contributed by atoms with Crippen LogP contribution in [0.2, 0.25) is 0 Å². The van der Waals surface area contributed by atoms with Crippen LogP contribution in [0.5, 0.6) is 5.75 Å². The Morgan fingerprint density at radius 1 is 0.750 bits per heavy atom. The van der Waals surface area contributed by atoms with Crippen LogP contribution in [-0.2, 0) is 12.8 Å². The number of rotatable bonds is 5. The summed E-state index contributed by atoms with van der Waals surface area (Å²) in [6.45, 7) is 0. The molecule has 0 N–H and O–H groups in total. The van der Waals surface area contributed by atoms with Crippen molar-refractivity contribution in [1.82, 2.24) is 0 Å². The third-order valence-electron chi connectivity index (χ3n) is 4.07. The molecule has 1 aliphatic carbocycles. The van der Waals surface area contributed by atoms with Crippen LogP contribution in [0.1, 0.15) is 36.8 Å². The van der Waals surface area contributed by atoms with E-state index in [4.69, 9.17) is 4.74 Å². The maximum Gasteiger partial charge on any atom is 0.119 e. The Balaban J connectivity index is 1.53. The molecule has 1 nitrogen and oxygen atoms in total. The maximum absolute atomic E-state index is 5.99. The van der Waals surface area contributed by atoms with Crippen LogP contribution < -0.4 is 4.74 Å². The standard InChI is InChI=1S/C19H22O/c1-2-6-16(7-3-1)10-11-17-12-14-19(15-13-17)20-18-8-4-5-9-18/h1-3,6-7,12-15,18H,4-5,8-11H2. The average Bonchev–Trinajstić information content (AvgIpc) is 3.01. The van der Waals surface area contributed by atoms with Gasteiger partial charge in [0, 0.05) is 0 Å². The summed E-state index contributed by atoms with van der Waals surface area (Å²) in [5.41, 5.74) is 2.78. The topological polar surface area (TPSA) is 9.23 Å². The number of hydrogen-bond acceptors (Lipinski definition) is 1. The largest absolute Gasteiger partial charge is 0.490 e. The van der Waals surface area contributed by atoms with Crippen LogP contribution in [0.4, 0.5) is 0 Å². The molecule has 2 aromatic rings. The van der Waals surface area contributed by atoms with Crippen molar-refractivity contribution >= 4 is 0 Å². The first-order chi connectivity index (χ1) is 9.90. The Bertz CT molecular complexity index is 509. The van der Waals surface area contributed by atoms with Gasteiger partial charge in [0.05, 0.1) is 6.10 Å². The first kappa shape index (κ1) is 13.2. The molecule has 0 saturated heterocycles. The molecule has 104 valence electrons. The number of aryl methyl sites for hydroxylation is 2. The molecule has 3 rings (SSSR count). The predicted molar refractivity (Wildman–Crippen MR) is 83.2 cm³/mol. The van der Waals surface area contributed by atoms with Crippen molar-refractivity contribution in [2.24, 2.45) is 0 Å². The van der Waals surface area contributed by atoms with E-state index in [-0.39, 0.29) is 0 Å². The van der Waals surface area contributed by atoms with Crippen molar-refractivity contribution < 1.29 is 4.74 Å². The minimum atomic E-state index is 0.449. The fourth-order valence-electron chi connectivity index (χ4n) is 2.87. The Morgan fingerprint density at radius 2 is 1.35 bits per heavy atom. The summed E-state index contributed by atoms with van der Waals surface area (Å²) in [6.07, 6.45) is 7.72. The van der Waals surface area contributed by atoms with E-state index in [1.165, 1.54) is 36.8 Å². The van der Waals surface area contributed by atoms with Gasteiger partial charge in [-0.2, -0.15) is 0 Å². The van der Waals surface area contributed by atoms with Crippen molar-refractivity contribution in [2.45, 2.75) is 44.6 Å². The van der Waals surface area contributed by atoms with E-state index >= 15 is 0 Å². The van der Waals surface area contributed by atoms with E-state index in [0.29, 0.717) is 6.10 Å². The fraction of sp³-hybridized carbons (Fsp3) is 0.368. The van der Waals surface area contributed by atoms with Gasteiger partial charge in [-0.05, 0) is 61.8 Å². The molecule has 0 unspecified atom stereocenters. The van der Waals surface area contributed by atoms with E-state index in [9.17, 15) is 0 Å². The van der Waals surface area contributed by atoms with Gasteiger partial charge in [-0.25, -0.2) is 0 Å². The van der Waals surface area contributed by atoms with Gasteiger partial charge in [-0.1, -0.05) is 42.5 Å².